The molecular weight excluding hydrogens is 484 g/mol. The molecule has 1 aromatic heterocycles. The van der Waals surface area contributed by atoms with E-state index in [9.17, 15) is 9.59 Å². The van der Waals surface area contributed by atoms with Crippen molar-refractivity contribution in [3.05, 3.63) is 83.1 Å². The number of benzene rings is 2. The standard InChI is InChI=1S/C24H24N6O5S/c1-29-23(26-27-28-29)36-14-17-13-34-22-24(25,33-2)21(32)30(22)18(17)20(31)35-19(15-9-5-3-6-10-15)16-11-7-4-8-12-16/h3-12,19,22H,13-14,25H2,1-2H3/t22-,24-/m1/s1. The molecule has 3 aromatic rings. The minimum Gasteiger partial charge on any atom is -0.448 e. The molecule has 0 aliphatic carbocycles. The molecule has 36 heavy (non-hydrogen) atoms. The van der Waals surface area contributed by atoms with Crippen molar-refractivity contribution in [2.45, 2.75) is 23.2 Å². The highest BCUT2D eigenvalue weighted by atomic mass is 32.2. The predicted molar refractivity (Wildman–Crippen MR) is 128 cm³/mol. The highest BCUT2D eigenvalue weighted by molar-refractivity contribution is 7.99. The van der Waals surface area contributed by atoms with Gasteiger partial charge in [0.2, 0.25) is 10.9 Å². The average molecular weight is 509 g/mol. The number of methoxy groups -OCH3 is 1. The first-order chi connectivity index (χ1) is 17.4. The molecular formula is C24H24N6O5S. The SMILES string of the molecule is CO[C@]1(N)C(=O)N2C(C(=O)OC(c3ccccc3)c3ccccc3)=C(CSc3nnnn3C)CO[C@@H]21. The number of carbonyl (C=O) groups excluding carboxylic acids is 2. The second kappa shape index (κ2) is 9.82. The Labute approximate surface area is 211 Å². The largest absolute Gasteiger partial charge is 0.448 e. The highest BCUT2D eigenvalue weighted by Gasteiger charge is 2.64. The molecule has 2 aliphatic rings. The lowest BCUT2D eigenvalue weighted by atomic mass is 9.95. The maximum absolute atomic E-state index is 13.8. The van der Waals surface area contributed by atoms with Crippen LogP contribution in [-0.2, 0) is 30.8 Å². The Kier molecular flexibility index (Phi) is 6.58. The summed E-state index contributed by atoms with van der Waals surface area (Å²) in [5, 5.41) is 12.0. The van der Waals surface area contributed by atoms with Gasteiger partial charge >= 0.3 is 5.97 Å². The summed E-state index contributed by atoms with van der Waals surface area (Å²) < 4.78 is 18.7. The topological polar surface area (TPSA) is 135 Å². The number of hydrogen-bond donors (Lipinski definition) is 1. The number of β-lactam (4-membered cyclic amide) rings is 1. The normalized spacial score (nSPS) is 21.4. The zero-order chi connectivity index (χ0) is 25.3. The van der Waals surface area contributed by atoms with Gasteiger partial charge in [-0.1, -0.05) is 72.4 Å². The van der Waals surface area contributed by atoms with Gasteiger partial charge in [0, 0.05) is 19.9 Å². The molecule has 1 saturated heterocycles. The van der Waals surface area contributed by atoms with Crippen LogP contribution in [0.15, 0.2) is 77.1 Å². The molecule has 2 atom stereocenters. The number of rotatable bonds is 8. The highest BCUT2D eigenvalue weighted by Crippen LogP contribution is 2.41. The second-order valence-electron chi connectivity index (χ2n) is 8.27. The zero-order valence-electron chi connectivity index (χ0n) is 19.6. The van der Waals surface area contributed by atoms with E-state index in [4.69, 9.17) is 19.9 Å². The van der Waals surface area contributed by atoms with Gasteiger partial charge in [0.15, 0.2) is 12.3 Å². The molecule has 2 N–H and O–H groups in total. The lowest BCUT2D eigenvalue weighted by Gasteiger charge is -2.54. The first-order valence-corrected chi connectivity index (χ1v) is 12.1. The zero-order valence-corrected chi connectivity index (χ0v) is 20.4. The fourth-order valence-corrected chi connectivity index (χ4v) is 4.99. The van der Waals surface area contributed by atoms with Gasteiger partial charge in [-0.25, -0.2) is 9.48 Å². The van der Waals surface area contributed by atoms with Crippen molar-refractivity contribution in [3.8, 4) is 0 Å². The Morgan fingerprint density at radius 3 is 2.39 bits per heavy atom. The molecule has 0 radical (unpaired) electrons. The summed E-state index contributed by atoms with van der Waals surface area (Å²) in [5.41, 5.74) is 6.67. The first-order valence-electron chi connectivity index (χ1n) is 11.1. The van der Waals surface area contributed by atoms with Gasteiger partial charge in [-0.15, -0.1) is 5.10 Å². The number of esters is 1. The molecule has 0 saturated carbocycles. The van der Waals surface area contributed by atoms with E-state index in [1.54, 1.807) is 7.05 Å². The monoisotopic (exact) mass is 508 g/mol. The van der Waals surface area contributed by atoms with Gasteiger partial charge in [-0.05, 0) is 27.1 Å². The summed E-state index contributed by atoms with van der Waals surface area (Å²) >= 11 is 1.31. The summed E-state index contributed by atoms with van der Waals surface area (Å²) in [4.78, 5) is 28.0. The van der Waals surface area contributed by atoms with Gasteiger partial charge in [-0.3, -0.25) is 15.4 Å². The fourth-order valence-electron chi connectivity index (χ4n) is 4.14. The van der Waals surface area contributed by atoms with Crippen LogP contribution in [0, 0.1) is 0 Å². The fraction of sp³-hybridized carbons (Fsp3) is 0.292. The number of fused-ring (bicyclic) bond motifs is 1. The van der Waals surface area contributed by atoms with Crippen molar-refractivity contribution in [1.29, 1.82) is 0 Å². The molecule has 0 bridgehead atoms. The number of ether oxygens (including phenoxy) is 3. The van der Waals surface area contributed by atoms with Crippen LogP contribution in [0.1, 0.15) is 17.2 Å². The molecule has 11 nitrogen and oxygen atoms in total. The number of thioether (sulfide) groups is 1. The molecule has 3 heterocycles. The van der Waals surface area contributed by atoms with Crippen molar-refractivity contribution < 1.29 is 23.8 Å². The summed E-state index contributed by atoms with van der Waals surface area (Å²) in [6.45, 7) is 0.0564. The van der Waals surface area contributed by atoms with Crippen molar-refractivity contribution in [3.63, 3.8) is 0 Å². The van der Waals surface area contributed by atoms with Gasteiger partial charge in [0.1, 0.15) is 5.70 Å². The Balaban J connectivity index is 1.50. The molecule has 0 spiro atoms. The third kappa shape index (κ3) is 4.17. The Morgan fingerprint density at radius 2 is 1.83 bits per heavy atom. The quantitative estimate of drug-likeness (QED) is 0.206. The van der Waals surface area contributed by atoms with E-state index in [0.717, 1.165) is 11.1 Å². The molecule has 2 aromatic carbocycles. The molecule has 12 heteroatoms. The summed E-state index contributed by atoms with van der Waals surface area (Å²) in [7, 11) is 3.04. The van der Waals surface area contributed by atoms with Crippen molar-refractivity contribution in [2.75, 3.05) is 19.5 Å². The van der Waals surface area contributed by atoms with Crippen LogP contribution in [0.2, 0.25) is 0 Å². The van der Waals surface area contributed by atoms with Crippen LogP contribution in [0.4, 0.5) is 0 Å². The molecule has 1 amide bonds. The predicted octanol–water partition coefficient (Wildman–Crippen LogP) is 1.39. The number of carbonyl (C=O) groups is 2. The van der Waals surface area contributed by atoms with Gasteiger partial charge < -0.3 is 14.2 Å². The van der Waals surface area contributed by atoms with Crippen molar-refractivity contribution in [2.24, 2.45) is 12.8 Å². The van der Waals surface area contributed by atoms with Gasteiger partial charge in [-0.2, -0.15) is 0 Å². The van der Waals surface area contributed by atoms with Crippen LogP contribution in [-0.4, -0.2) is 68.4 Å². The molecule has 2 aliphatic heterocycles. The van der Waals surface area contributed by atoms with Gasteiger partial charge in [0.05, 0.1) is 6.61 Å². The van der Waals surface area contributed by atoms with E-state index in [-0.39, 0.29) is 12.3 Å². The summed E-state index contributed by atoms with van der Waals surface area (Å²) in [6.07, 6.45) is -1.64. The van der Waals surface area contributed by atoms with E-state index in [1.165, 1.54) is 28.5 Å². The molecule has 0 unspecified atom stereocenters. The van der Waals surface area contributed by atoms with Crippen LogP contribution in [0.25, 0.3) is 0 Å². The summed E-state index contributed by atoms with van der Waals surface area (Å²) in [5.74, 6) is -0.958. The number of aryl methyl sites for hydroxylation is 1. The Bertz CT molecular complexity index is 1260. The smallest absolute Gasteiger partial charge is 0.356 e. The maximum Gasteiger partial charge on any atom is 0.356 e. The van der Waals surface area contributed by atoms with Crippen LogP contribution in [0.3, 0.4) is 0 Å². The molecule has 1 fully saturated rings. The number of nitrogens with two attached hydrogens (primary N) is 1. The Hall–Kier alpha value is -3.58. The minimum absolute atomic E-state index is 0.0564. The second-order valence-corrected chi connectivity index (χ2v) is 9.21. The maximum atomic E-state index is 13.8. The van der Waals surface area contributed by atoms with E-state index in [2.05, 4.69) is 15.5 Å². The van der Waals surface area contributed by atoms with E-state index >= 15 is 0 Å². The van der Waals surface area contributed by atoms with Crippen molar-refractivity contribution in [1.82, 2.24) is 25.1 Å². The first kappa shape index (κ1) is 24.1. The average Bonchev–Trinajstić information content (AvgIpc) is 3.34. The number of aromatic nitrogens is 4. The number of tetrazole rings is 1. The number of amides is 1. The van der Waals surface area contributed by atoms with E-state index in [1.807, 2.05) is 60.7 Å². The molecule has 5 rings (SSSR count). The lowest BCUT2D eigenvalue weighted by Crippen LogP contribution is -2.80. The lowest BCUT2D eigenvalue weighted by molar-refractivity contribution is -0.248. The number of hydrogen-bond acceptors (Lipinski definition) is 10. The Morgan fingerprint density at radius 1 is 1.19 bits per heavy atom. The van der Waals surface area contributed by atoms with E-state index in [0.29, 0.717) is 16.5 Å². The van der Waals surface area contributed by atoms with Crippen molar-refractivity contribution >= 4 is 23.6 Å². The third-order valence-electron chi connectivity index (χ3n) is 6.06. The summed E-state index contributed by atoms with van der Waals surface area (Å²) in [6, 6.07) is 18.8. The van der Waals surface area contributed by atoms with Crippen LogP contribution in [0.5, 0.6) is 0 Å². The van der Waals surface area contributed by atoms with Gasteiger partial charge in [0.25, 0.3) is 5.91 Å². The number of nitrogens with zero attached hydrogens (tertiary/aromatic N) is 5. The third-order valence-corrected chi connectivity index (χ3v) is 7.16. The van der Waals surface area contributed by atoms with E-state index < -0.39 is 29.9 Å². The van der Waals surface area contributed by atoms with Crippen LogP contribution < -0.4 is 5.73 Å². The molecule has 186 valence electrons. The minimum atomic E-state index is -1.67. The van der Waals surface area contributed by atoms with Crippen LogP contribution >= 0.6 is 11.8 Å².